The van der Waals surface area contributed by atoms with Gasteiger partial charge in [0.05, 0.1) is 5.69 Å². The lowest BCUT2D eigenvalue weighted by Crippen LogP contribution is -2.30. The minimum absolute atomic E-state index is 0.520. The highest BCUT2D eigenvalue weighted by molar-refractivity contribution is 7.15. The average Bonchev–Trinajstić information content (AvgIpc) is 2.80. The molecule has 0 spiro atoms. The second-order valence-electron chi connectivity index (χ2n) is 5.34. The van der Waals surface area contributed by atoms with E-state index in [4.69, 9.17) is 4.98 Å². The number of nitrogens with one attached hydrogen (secondary N) is 1. The van der Waals surface area contributed by atoms with Gasteiger partial charge in [0.25, 0.3) is 0 Å². The number of rotatable bonds is 8. The molecule has 19 heavy (non-hydrogen) atoms. The van der Waals surface area contributed by atoms with Crippen molar-refractivity contribution >= 4 is 16.5 Å². The summed E-state index contributed by atoms with van der Waals surface area (Å²) >= 11 is 1.85. The average molecular weight is 283 g/mol. The Labute approximate surface area is 122 Å². The van der Waals surface area contributed by atoms with Crippen molar-refractivity contribution in [3.63, 3.8) is 0 Å². The number of thiazole rings is 1. The molecule has 0 atom stereocenters. The Morgan fingerprint density at radius 3 is 2.32 bits per heavy atom. The summed E-state index contributed by atoms with van der Waals surface area (Å²) in [4.78, 5) is 8.57. The summed E-state index contributed by atoms with van der Waals surface area (Å²) in [6, 6.07) is 1.12. The van der Waals surface area contributed by atoms with Gasteiger partial charge in [0, 0.05) is 30.6 Å². The number of anilines is 1. The summed E-state index contributed by atoms with van der Waals surface area (Å²) in [5.41, 5.74) is 1.26. The monoisotopic (exact) mass is 283 g/mol. The minimum Gasteiger partial charge on any atom is -0.348 e. The lowest BCUT2D eigenvalue weighted by Gasteiger charge is -2.25. The largest absolute Gasteiger partial charge is 0.348 e. The van der Waals surface area contributed by atoms with Crippen LogP contribution in [0.1, 0.15) is 58.0 Å². The van der Waals surface area contributed by atoms with E-state index in [1.807, 2.05) is 11.3 Å². The Bertz CT molecular complexity index is 369. The molecule has 0 aliphatic rings. The maximum absolute atomic E-state index is 4.83. The van der Waals surface area contributed by atoms with E-state index in [9.17, 15) is 0 Å². The second-order valence-corrected chi connectivity index (χ2v) is 6.40. The molecule has 0 saturated heterocycles. The van der Waals surface area contributed by atoms with Crippen molar-refractivity contribution in [3.05, 3.63) is 10.6 Å². The summed E-state index contributed by atoms with van der Waals surface area (Å²) < 4.78 is 0. The van der Waals surface area contributed by atoms with E-state index in [2.05, 4.69) is 51.9 Å². The summed E-state index contributed by atoms with van der Waals surface area (Å²) in [6.07, 6.45) is 3.36. The van der Waals surface area contributed by atoms with Gasteiger partial charge in [-0.1, -0.05) is 34.6 Å². The molecule has 3 nitrogen and oxygen atoms in total. The van der Waals surface area contributed by atoms with Gasteiger partial charge in [0.1, 0.15) is 0 Å². The van der Waals surface area contributed by atoms with Gasteiger partial charge >= 0.3 is 0 Å². The van der Waals surface area contributed by atoms with E-state index in [1.165, 1.54) is 28.5 Å². The Hall–Kier alpha value is -0.610. The van der Waals surface area contributed by atoms with E-state index >= 15 is 0 Å². The van der Waals surface area contributed by atoms with Crippen molar-refractivity contribution in [3.8, 4) is 0 Å². The smallest absolute Gasteiger partial charge is 0.185 e. The van der Waals surface area contributed by atoms with Gasteiger partial charge in [-0.15, -0.1) is 11.3 Å². The summed E-state index contributed by atoms with van der Waals surface area (Å²) in [5, 5.41) is 4.67. The molecule has 0 aliphatic heterocycles. The molecule has 0 unspecified atom stereocenters. The zero-order chi connectivity index (χ0) is 14.4. The van der Waals surface area contributed by atoms with Crippen molar-refractivity contribution in [2.24, 2.45) is 0 Å². The van der Waals surface area contributed by atoms with Crippen LogP contribution >= 0.6 is 11.3 Å². The van der Waals surface area contributed by atoms with Crippen molar-refractivity contribution in [1.82, 2.24) is 10.3 Å². The lowest BCUT2D eigenvalue weighted by atomic mass is 10.1. The normalized spacial score (nSPS) is 11.6. The first kappa shape index (κ1) is 16.4. The molecule has 4 heteroatoms. The van der Waals surface area contributed by atoms with E-state index in [1.54, 1.807) is 0 Å². The van der Waals surface area contributed by atoms with Crippen molar-refractivity contribution in [2.45, 2.75) is 72.5 Å². The first-order chi connectivity index (χ1) is 9.03. The van der Waals surface area contributed by atoms with Gasteiger partial charge in [-0.05, 0) is 19.3 Å². The molecule has 0 aliphatic carbocycles. The second kappa shape index (κ2) is 7.85. The zero-order valence-electron chi connectivity index (χ0n) is 13.3. The van der Waals surface area contributed by atoms with Crippen LogP contribution in [-0.4, -0.2) is 24.1 Å². The zero-order valence-corrected chi connectivity index (χ0v) is 14.1. The Kier molecular flexibility index (Phi) is 6.80. The molecular weight excluding hydrogens is 254 g/mol. The fraction of sp³-hybridized carbons (Fsp3) is 0.800. The molecule has 0 bridgehead atoms. The van der Waals surface area contributed by atoms with Crippen LogP contribution in [-0.2, 0) is 13.0 Å². The standard InChI is InChI=1S/C15H29N3S/c1-7-12(8-2)18(6)15-17-13(9-3)14(19-15)10-16-11(4)5/h11-12,16H,7-10H2,1-6H3. The Morgan fingerprint density at radius 2 is 1.84 bits per heavy atom. The van der Waals surface area contributed by atoms with Gasteiger partial charge < -0.3 is 10.2 Å². The van der Waals surface area contributed by atoms with E-state index < -0.39 is 0 Å². The van der Waals surface area contributed by atoms with Crippen LogP contribution in [0, 0.1) is 0 Å². The molecule has 0 amide bonds. The molecule has 1 N–H and O–H groups in total. The third kappa shape index (κ3) is 4.46. The van der Waals surface area contributed by atoms with Crippen LogP contribution < -0.4 is 10.2 Å². The molecule has 0 aromatic carbocycles. The Morgan fingerprint density at radius 1 is 1.21 bits per heavy atom. The molecular formula is C15H29N3S. The molecule has 1 aromatic rings. The number of nitrogens with zero attached hydrogens (tertiary/aromatic N) is 2. The molecule has 0 saturated carbocycles. The predicted octanol–water partition coefficient (Wildman–Crippen LogP) is 3.83. The fourth-order valence-corrected chi connectivity index (χ4v) is 3.36. The van der Waals surface area contributed by atoms with Crippen molar-refractivity contribution in [1.29, 1.82) is 0 Å². The van der Waals surface area contributed by atoms with E-state index in [-0.39, 0.29) is 0 Å². The maximum Gasteiger partial charge on any atom is 0.185 e. The third-order valence-electron chi connectivity index (χ3n) is 3.56. The van der Waals surface area contributed by atoms with Crippen molar-refractivity contribution < 1.29 is 0 Å². The number of hydrogen-bond acceptors (Lipinski definition) is 4. The van der Waals surface area contributed by atoms with Gasteiger partial charge in [0.15, 0.2) is 5.13 Å². The molecule has 0 radical (unpaired) electrons. The molecule has 1 rings (SSSR count). The van der Waals surface area contributed by atoms with Gasteiger partial charge in [-0.3, -0.25) is 0 Å². The first-order valence-electron chi connectivity index (χ1n) is 7.48. The summed E-state index contributed by atoms with van der Waals surface area (Å²) in [6.45, 7) is 12.0. The molecule has 110 valence electrons. The third-order valence-corrected chi connectivity index (χ3v) is 4.75. The number of aromatic nitrogens is 1. The van der Waals surface area contributed by atoms with Crippen LogP contribution in [0.4, 0.5) is 5.13 Å². The number of aryl methyl sites for hydroxylation is 1. The van der Waals surface area contributed by atoms with E-state index in [0.29, 0.717) is 12.1 Å². The van der Waals surface area contributed by atoms with Gasteiger partial charge in [-0.2, -0.15) is 0 Å². The SMILES string of the molecule is CCc1nc(N(C)C(CC)CC)sc1CNC(C)C. The highest BCUT2D eigenvalue weighted by atomic mass is 32.1. The van der Waals surface area contributed by atoms with E-state index in [0.717, 1.165) is 13.0 Å². The highest BCUT2D eigenvalue weighted by Gasteiger charge is 2.17. The fourth-order valence-electron chi connectivity index (χ4n) is 2.22. The number of hydrogen-bond donors (Lipinski definition) is 1. The topological polar surface area (TPSA) is 28.2 Å². The van der Waals surface area contributed by atoms with Crippen LogP contribution in [0.5, 0.6) is 0 Å². The maximum atomic E-state index is 4.83. The predicted molar refractivity (Wildman–Crippen MR) is 86.2 cm³/mol. The Balaban J connectivity index is 2.85. The summed E-state index contributed by atoms with van der Waals surface area (Å²) in [7, 11) is 2.18. The minimum atomic E-state index is 0.520. The van der Waals surface area contributed by atoms with Gasteiger partial charge in [0.2, 0.25) is 0 Å². The molecule has 1 heterocycles. The molecule has 1 aromatic heterocycles. The van der Waals surface area contributed by atoms with Crippen LogP contribution in [0.2, 0.25) is 0 Å². The first-order valence-corrected chi connectivity index (χ1v) is 8.29. The van der Waals surface area contributed by atoms with Crippen LogP contribution in [0.3, 0.4) is 0 Å². The van der Waals surface area contributed by atoms with Crippen LogP contribution in [0.15, 0.2) is 0 Å². The lowest BCUT2D eigenvalue weighted by molar-refractivity contribution is 0.588. The highest BCUT2D eigenvalue weighted by Crippen LogP contribution is 2.28. The van der Waals surface area contributed by atoms with Gasteiger partial charge in [-0.25, -0.2) is 4.98 Å². The van der Waals surface area contributed by atoms with Crippen molar-refractivity contribution in [2.75, 3.05) is 11.9 Å². The molecule has 0 fully saturated rings. The summed E-state index contributed by atoms with van der Waals surface area (Å²) in [5.74, 6) is 0. The van der Waals surface area contributed by atoms with Crippen LogP contribution in [0.25, 0.3) is 0 Å². The quantitative estimate of drug-likeness (QED) is 0.786.